The first-order valence-corrected chi connectivity index (χ1v) is 7.45. The molecule has 1 saturated heterocycles. The highest BCUT2D eigenvalue weighted by Crippen LogP contribution is 2.39. The quantitative estimate of drug-likeness (QED) is 0.783. The van der Waals surface area contributed by atoms with Crippen LogP contribution in [0.4, 0.5) is 0 Å². The van der Waals surface area contributed by atoms with Crippen LogP contribution in [-0.2, 0) is 14.3 Å². The Morgan fingerprint density at radius 2 is 2.14 bits per heavy atom. The first kappa shape index (κ1) is 16.3. The van der Waals surface area contributed by atoms with E-state index in [-0.39, 0.29) is 12.2 Å². The maximum Gasteiger partial charge on any atom is 0.334 e. The van der Waals surface area contributed by atoms with Gasteiger partial charge in [-0.3, -0.25) is 0 Å². The average molecular weight is 301 g/mol. The molecular weight excluding hydrogens is 278 g/mol. The van der Waals surface area contributed by atoms with Crippen molar-refractivity contribution >= 4 is 12.0 Å². The monoisotopic (exact) mass is 301 g/mol. The second kappa shape index (κ2) is 6.79. The Morgan fingerprint density at radius 3 is 2.68 bits per heavy atom. The Balaban J connectivity index is 2.26. The summed E-state index contributed by atoms with van der Waals surface area (Å²) in [5.41, 5.74) is 0.127. The lowest BCUT2D eigenvalue weighted by molar-refractivity contribution is -0.151. The third-order valence-corrected chi connectivity index (χ3v) is 4.17. The number of methoxy groups -OCH3 is 1. The van der Waals surface area contributed by atoms with Crippen molar-refractivity contribution in [1.29, 1.82) is 0 Å². The van der Waals surface area contributed by atoms with Crippen molar-refractivity contribution < 1.29 is 14.3 Å². The number of carbonyl (C=O) groups is 1. The first-order valence-electron chi connectivity index (χ1n) is 7.45. The van der Waals surface area contributed by atoms with Gasteiger partial charge in [0.15, 0.2) is 11.8 Å². The van der Waals surface area contributed by atoms with Crippen molar-refractivity contribution in [3.05, 3.63) is 54.3 Å². The molecule has 1 heterocycles. The fourth-order valence-electron chi connectivity index (χ4n) is 2.84. The van der Waals surface area contributed by atoms with Gasteiger partial charge >= 0.3 is 5.97 Å². The van der Waals surface area contributed by atoms with E-state index in [1.54, 1.807) is 0 Å². The smallest absolute Gasteiger partial charge is 0.334 e. The van der Waals surface area contributed by atoms with Crippen LogP contribution in [0.15, 0.2) is 48.7 Å². The lowest BCUT2D eigenvalue weighted by Gasteiger charge is -2.31. The topological polar surface area (TPSA) is 38.8 Å². The molecule has 118 valence electrons. The van der Waals surface area contributed by atoms with Gasteiger partial charge in [0.2, 0.25) is 0 Å². The average Bonchev–Trinajstić information content (AvgIpc) is 2.80. The summed E-state index contributed by atoms with van der Waals surface area (Å²) in [6.45, 7) is 5.97. The Hall–Kier alpha value is -2.07. The summed E-state index contributed by atoms with van der Waals surface area (Å²) in [7, 11) is 3.27. The molecule has 0 aliphatic carbocycles. The van der Waals surface area contributed by atoms with Gasteiger partial charge in [-0.05, 0) is 19.0 Å². The molecular formula is C18H23NO3. The van der Waals surface area contributed by atoms with Crippen LogP contribution in [0.1, 0.15) is 25.3 Å². The van der Waals surface area contributed by atoms with Gasteiger partial charge in [0, 0.05) is 6.42 Å². The third kappa shape index (κ3) is 2.79. The minimum Gasteiger partial charge on any atom is -0.477 e. The fourth-order valence-corrected chi connectivity index (χ4v) is 2.84. The predicted molar refractivity (Wildman–Crippen MR) is 86.9 cm³/mol. The molecule has 0 amide bonds. The molecule has 2 unspecified atom stereocenters. The molecule has 0 saturated carbocycles. The summed E-state index contributed by atoms with van der Waals surface area (Å²) in [6.07, 6.45) is 5.04. The molecule has 1 aliphatic heterocycles. The van der Waals surface area contributed by atoms with Crippen LogP contribution < -0.4 is 0 Å². The van der Waals surface area contributed by atoms with Gasteiger partial charge in [0.05, 0.1) is 7.11 Å². The number of likely N-dealkylation sites (N-methyl/N-ethyl adjacent to an activating group) is 1. The van der Waals surface area contributed by atoms with Gasteiger partial charge < -0.3 is 9.47 Å². The van der Waals surface area contributed by atoms with E-state index in [4.69, 9.17) is 9.47 Å². The van der Waals surface area contributed by atoms with Crippen molar-refractivity contribution in [3.63, 3.8) is 0 Å². The van der Waals surface area contributed by atoms with E-state index in [0.717, 1.165) is 12.0 Å². The first-order chi connectivity index (χ1) is 10.6. The molecule has 0 spiro atoms. The zero-order valence-electron chi connectivity index (χ0n) is 13.4. The van der Waals surface area contributed by atoms with E-state index < -0.39 is 5.54 Å². The molecule has 0 bridgehead atoms. The highest BCUT2D eigenvalue weighted by Gasteiger charge is 2.54. The number of carbonyl (C=O) groups excluding carboxylic acids is 1. The van der Waals surface area contributed by atoms with Crippen LogP contribution >= 0.6 is 0 Å². The Kier molecular flexibility index (Phi) is 5.03. The third-order valence-electron chi connectivity index (χ3n) is 4.17. The summed E-state index contributed by atoms with van der Waals surface area (Å²) in [5.74, 6) is 0.111. The van der Waals surface area contributed by atoms with Crippen molar-refractivity contribution in [2.45, 2.75) is 31.5 Å². The Morgan fingerprint density at radius 1 is 1.45 bits per heavy atom. The SMILES string of the molecule is C=C1OC(CC)N(C)C1(C/C=C/c1ccccc1)C(=O)OC. The number of hydrogen-bond donors (Lipinski definition) is 0. The van der Waals surface area contributed by atoms with Gasteiger partial charge in [-0.15, -0.1) is 0 Å². The van der Waals surface area contributed by atoms with Crippen LogP contribution in [0.3, 0.4) is 0 Å². The van der Waals surface area contributed by atoms with E-state index in [1.165, 1.54) is 7.11 Å². The molecule has 0 aromatic heterocycles. The van der Waals surface area contributed by atoms with E-state index in [1.807, 2.05) is 61.4 Å². The van der Waals surface area contributed by atoms with Gasteiger partial charge in [-0.2, -0.15) is 0 Å². The molecule has 1 aromatic rings. The number of rotatable bonds is 5. The van der Waals surface area contributed by atoms with Crippen LogP contribution in [0.25, 0.3) is 6.08 Å². The number of nitrogens with zero attached hydrogens (tertiary/aromatic N) is 1. The number of benzene rings is 1. The van der Waals surface area contributed by atoms with Crippen LogP contribution in [0.5, 0.6) is 0 Å². The Bertz CT molecular complexity index is 567. The molecule has 4 heteroatoms. The Labute approximate surface area is 132 Å². The van der Waals surface area contributed by atoms with Gasteiger partial charge in [0.25, 0.3) is 0 Å². The number of ether oxygens (including phenoxy) is 2. The summed E-state index contributed by atoms with van der Waals surface area (Å²) >= 11 is 0. The summed E-state index contributed by atoms with van der Waals surface area (Å²) in [6, 6.07) is 9.96. The van der Waals surface area contributed by atoms with E-state index in [9.17, 15) is 4.79 Å². The van der Waals surface area contributed by atoms with Crippen LogP contribution in [-0.4, -0.2) is 36.8 Å². The zero-order valence-corrected chi connectivity index (χ0v) is 13.4. The molecule has 2 rings (SSSR count). The standard InChI is InChI=1S/C18H23NO3/c1-5-16-19(3)18(14(2)22-16,17(20)21-4)13-9-12-15-10-7-6-8-11-15/h6-12,16H,2,5,13H2,1,3-4H3/b12-9+. The second-order valence-electron chi connectivity index (χ2n) is 5.38. The van der Waals surface area contributed by atoms with Gasteiger partial charge in [-0.1, -0.05) is 56.0 Å². The number of esters is 1. The highest BCUT2D eigenvalue weighted by atomic mass is 16.6. The van der Waals surface area contributed by atoms with E-state index in [0.29, 0.717) is 12.2 Å². The molecule has 2 atom stereocenters. The minimum atomic E-state index is -0.958. The van der Waals surface area contributed by atoms with Gasteiger partial charge in [-0.25, -0.2) is 9.69 Å². The largest absolute Gasteiger partial charge is 0.477 e. The maximum atomic E-state index is 12.4. The summed E-state index contributed by atoms with van der Waals surface area (Å²) in [4.78, 5) is 14.3. The second-order valence-corrected chi connectivity index (χ2v) is 5.38. The normalized spacial score (nSPS) is 25.4. The van der Waals surface area contributed by atoms with Crippen molar-refractivity contribution in [3.8, 4) is 0 Å². The lowest BCUT2D eigenvalue weighted by Crippen LogP contribution is -2.52. The lowest BCUT2D eigenvalue weighted by atomic mass is 9.91. The number of hydrogen-bond acceptors (Lipinski definition) is 4. The molecule has 0 radical (unpaired) electrons. The molecule has 22 heavy (non-hydrogen) atoms. The van der Waals surface area contributed by atoms with Crippen LogP contribution in [0.2, 0.25) is 0 Å². The fraction of sp³-hybridized carbons (Fsp3) is 0.389. The van der Waals surface area contributed by atoms with E-state index in [2.05, 4.69) is 6.58 Å². The molecule has 0 N–H and O–H groups in total. The zero-order chi connectivity index (χ0) is 16.2. The van der Waals surface area contributed by atoms with Crippen molar-refractivity contribution in [2.75, 3.05) is 14.2 Å². The maximum absolute atomic E-state index is 12.4. The molecule has 1 aromatic carbocycles. The molecule has 4 nitrogen and oxygen atoms in total. The minimum absolute atomic E-state index is 0.156. The van der Waals surface area contributed by atoms with Crippen molar-refractivity contribution in [2.24, 2.45) is 0 Å². The highest BCUT2D eigenvalue weighted by molar-refractivity contribution is 5.85. The summed E-state index contributed by atoms with van der Waals surface area (Å²) in [5, 5.41) is 0. The van der Waals surface area contributed by atoms with Crippen LogP contribution in [0, 0.1) is 0 Å². The van der Waals surface area contributed by atoms with Crippen molar-refractivity contribution in [1.82, 2.24) is 4.90 Å². The predicted octanol–water partition coefficient (Wildman–Crippen LogP) is 3.21. The molecule has 1 fully saturated rings. The van der Waals surface area contributed by atoms with Gasteiger partial charge in [0.1, 0.15) is 5.76 Å². The summed E-state index contributed by atoms with van der Waals surface area (Å²) < 4.78 is 10.8. The molecule has 1 aliphatic rings. The van der Waals surface area contributed by atoms with E-state index >= 15 is 0 Å².